The molecule has 2 aromatic heterocycles. The molecule has 1 unspecified atom stereocenters. The van der Waals surface area contributed by atoms with E-state index in [1.807, 2.05) is 42.5 Å². The van der Waals surface area contributed by atoms with Crippen LogP contribution in [0, 0.1) is 6.92 Å². The summed E-state index contributed by atoms with van der Waals surface area (Å²) in [5.41, 5.74) is 2.59. The molecular formula is C23H20N4O4. The van der Waals surface area contributed by atoms with Crippen molar-refractivity contribution < 1.29 is 14.0 Å². The SMILES string of the molecule is Cc1[nH]n(-c2nc3ccccc3o2)c(=O)c1C1CC(=O)N(CCc2ccccc2)C1=O. The number of benzene rings is 2. The summed E-state index contributed by atoms with van der Waals surface area (Å²) >= 11 is 0. The van der Waals surface area contributed by atoms with Crippen LogP contribution in [0.2, 0.25) is 0 Å². The van der Waals surface area contributed by atoms with E-state index in [1.165, 1.54) is 9.58 Å². The van der Waals surface area contributed by atoms with Gasteiger partial charge in [-0.25, -0.2) is 0 Å². The summed E-state index contributed by atoms with van der Waals surface area (Å²) in [6.45, 7) is 2.00. The molecule has 3 heterocycles. The van der Waals surface area contributed by atoms with E-state index in [2.05, 4.69) is 10.1 Å². The molecule has 0 bridgehead atoms. The van der Waals surface area contributed by atoms with Crippen LogP contribution in [0.5, 0.6) is 0 Å². The van der Waals surface area contributed by atoms with Gasteiger partial charge in [-0.2, -0.15) is 9.67 Å². The number of amides is 2. The van der Waals surface area contributed by atoms with Crippen LogP contribution in [0.15, 0.2) is 63.8 Å². The van der Waals surface area contributed by atoms with Gasteiger partial charge in [0.05, 0.1) is 11.5 Å². The molecule has 1 atom stereocenters. The number of aromatic nitrogens is 3. The lowest BCUT2D eigenvalue weighted by Gasteiger charge is -2.14. The van der Waals surface area contributed by atoms with Crippen LogP contribution in [0.4, 0.5) is 0 Å². The Labute approximate surface area is 177 Å². The number of rotatable bonds is 5. The maximum absolute atomic E-state index is 13.1. The van der Waals surface area contributed by atoms with Crippen LogP contribution in [0.25, 0.3) is 17.1 Å². The lowest BCUT2D eigenvalue weighted by molar-refractivity contribution is -0.138. The molecule has 156 valence electrons. The molecule has 8 heteroatoms. The minimum Gasteiger partial charge on any atom is -0.422 e. The van der Waals surface area contributed by atoms with Crippen LogP contribution < -0.4 is 5.56 Å². The Morgan fingerprint density at radius 3 is 2.58 bits per heavy atom. The first-order valence-electron chi connectivity index (χ1n) is 10.1. The van der Waals surface area contributed by atoms with Gasteiger partial charge in [0.15, 0.2) is 5.58 Å². The number of hydrogen-bond donors (Lipinski definition) is 1. The van der Waals surface area contributed by atoms with Gasteiger partial charge in [0, 0.05) is 18.7 Å². The van der Waals surface area contributed by atoms with Crippen LogP contribution in [0.3, 0.4) is 0 Å². The highest BCUT2D eigenvalue weighted by Gasteiger charge is 2.42. The number of H-pyrrole nitrogens is 1. The molecule has 0 radical (unpaired) electrons. The number of carbonyl (C=O) groups excluding carboxylic acids is 2. The second kappa shape index (κ2) is 7.39. The predicted molar refractivity (Wildman–Crippen MR) is 113 cm³/mol. The molecule has 2 aromatic carbocycles. The van der Waals surface area contributed by atoms with Gasteiger partial charge in [0.25, 0.3) is 5.56 Å². The van der Waals surface area contributed by atoms with Gasteiger partial charge in [0.1, 0.15) is 5.52 Å². The molecule has 1 aliphatic heterocycles. The molecule has 1 saturated heterocycles. The van der Waals surface area contributed by atoms with Gasteiger partial charge in [-0.15, -0.1) is 0 Å². The number of oxazole rings is 1. The smallest absolute Gasteiger partial charge is 0.325 e. The summed E-state index contributed by atoms with van der Waals surface area (Å²) in [4.78, 5) is 44.3. The summed E-state index contributed by atoms with van der Waals surface area (Å²) in [7, 11) is 0. The average molecular weight is 416 g/mol. The summed E-state index contributed by atoms with van der Waals surface area (Å²) in [6, 6.07) is 17.0. The molecule has 31 heavy (non-hydrogen) atoms. The van der Waals surface area contributed by atoms with E-state index in [4.69, 9.17) is 4.42 Å². The fourth-order valence-electron chi connectivity index (χ4n) is 4.09. The standard InChI is InChI=1S/C23H20N4O4/c1-14-20(22(30)27(25-14)23-24-17-9-5-6-10-18(17)31-23)16-13-19(28)26(21(16)29)12-11-15-7-3-2-4-8-15/h2-10,16,25H,11-13H2,1H3. The van der Waals surface area contributed by atoms with Crippen molar-refractivity contribution in [3.05, 3.63) is 81.8 Å². The van der Waals surface area contributed by atoms with E-state index in [0.717, 1.165) is 5.56 Å². The summed E-state index contributed by atoms with van der Waals surface area (Å²) in [6.07, 6.45) is 0.555. The number of imide groups is 1. The Kier molecular flexibility index (Phi) is 4.54. The fraction of sp³-hybridized carbons (Fsp3) is 0.217. The van der Waals surface area contributed by atoms with Gasteiger partial charge in [0.2, 0.25) is 11.8 Å². The average Bonchev–Trinajstić information content (AvgIpc) is 3.41. The highest BCUT2D eigenvalue weighted by Crippen LogP contribution is 2.30. The third-order valence-electron chi connectivity index (χ3n) is 5.65. The topological polar surface area (TPSA) is 101 Å². The van der Waals surface area contributed by atoms with Crippen molar-refractivity contribution in [3.63, 3.8) is 0 Å². The highest BCUT2D eigenvalue weighted by molar-refractivity contribution is 6.06. The number of aryl methyl sites for hydroxylation is 1. The third kappa shape index (κ3) is 3.26. The zero-order valence-corrected chi connectivity index (χ0v) is 16.9. The summed E-state index contributed by atoms with van der Waals surface area (Å²) in [5, 5.41) is 2.94. The van der Waals surface area contributed by atoms with Crippen LogP contribution >= 0.6 is 0 Å². The Bertz CT molecular complexity index is 1320. The predicted octanol–water partition coefficient (Wildman–Crippen LogP) is 2.70. The molecular weight excluding hydrogens is 396 g/mol. The lowest BCUT2D eigenvalue weighted by atomic mass is 9.98. The molecule has 5 rings (SSSR count). The molecule has 1 N–H and O–H groups in total. The third-order valence-corrected chi connectivity index (χ3v) is 5.65. The van der Waals surface area contributed by atoms with E-state index in [1.54, 1.807) is 19.1 Å². The number of likely N-dealkylation sites (tertiary alicyclic amines) is 1. The number of carbonyl (C=O) groups is 2. The molecule has 1 fully saturated rings. The van der Waals surface area contributed by atoms with Crippen molar-refractivity contribution in [2.24, 2.45) is 0 Å². The zero-order chi connectivity index (χ0) is 21.5. The van der Waals surface area contributed by atoms with E-state index in [9.17, 15) is 14.4 Å². The quantitative estimate of drug-likeness (QED) is 0.504. The number of nitrogens with zero attached hydrogens (tertiary/aromatic N) is 3. The van der Waals surface area contributed by atoms with Crippen molar-refractivity contribution in [2.45, 2.75) is 25.7 Å². The van der Waals surface area contributed by atoms with E-state index < -0.39 is 11.5 Å². The molecule has 8 nitrogen and oxygen atoms in total. The molecule has 0 spiro atoms. The van der Waals surface area contributed by atoms with Gasteiger partial charge < -0.3 is 4.42 Å². The number of nitrogens with one attached hydrogen (secondary N) is 1. The monoisotopic (exact) mass is 416 g/mol. The van der Waals surface area contributed by atoms with Crippen LogP contribution in [0.1, 0.15) is 29.2 Å². The maximum atomic E-state index is 13.1. The van der Waals surface area contributed by atoms with Gasteiger partial charge in [-0.1, -0.05) is 42.5 Å². The number of para-hydroxylation sites is 2. The van der Waals surface area contributed by atoms with Gasteiger partial charge in [-0.05, 0) is 31.0 Å². The maximum Gasteiger partial charge on any atom is 0.325 e. The van der Waals surface area contributed by atoms with Crippen LogP contribution in [-0.4, -0.2) is 38.0 Å². The molecule has 4 aromatic rings. The zero-order valence-electron chi connectivity index (χ0n) is 16.9. The molecule has 0 saturated carbocycles. The summed E-state index contributed by atoms with van der Waals surface area (Å²) < 4.78 is 6.87. The first-order chi connectivity index (χ1) is 15.0. The van der Waals surface area contributed by atoms with Crippen molar-refractivity contribution in [1.82, 2.24) is 19.7 Å². The van der Waals surface area contributed by atoms with E-state index in [-0.39, 0.29) is 29.8 Å². The first kappa shape index (κ1) is 19.0. The number of fused-ring (bicyclic) bond motifs is 1. The molecule has 1 aliphatic rings. The van der Waals surface area contributed by atoms with Crippen molar-refractivity contribution in [1.29, 1.82) is 0 Å². The normalized spacial score (nSPS) is 16.5. The van der Waals surface area contributed by atoms with Crippen molar-refractivity contribution in [2.75, 3.05) is 6.54 Å². The first-order valence-corrected chi connectivity index (χ1v) is 10.1. The second-order valence-corrected chi connectivity index (χ2v) is 7.63. The summed E-state index contributed by atoms with van der Waals surface area (Å²) in [5.74, 6) is -1.41. The van der Waals surface area contributed by atoms with Crippen molar-refractivity contribution in [3.8, 4) is 6.01 Å². The van der Waals surface area contributed by atoms with Gasteiger partial charge >= 0.3 is 6.01 Å². The highest BCUT2D eigenvalue weighted by atomic mass is 16.4. The largest absolute Gasteiger partial charge is 0.422 e. The Balaban J connectivity index is 1.43. The Hall–Kier alpha value is -3.94. The van der Waals surface area contributed by atoms with Crippen molar-refractivity contribution >= 4 is 22.9 Å². The van der Waals surface area contributed by atoms with Gasteiger partial charge in [-0.3, -0.25) is 24.4 Å². The van der Waals surface area contributed by atoms with E-state index >= 15 is 0 Å². The minimum absolute atomic E-state index is 0.0187. The lowest BCUT2D eigenvalue weighted by Crippen LogP contribution is -2.33. The van der Waals surface area contributed by atoms with Crippen LogP contribution in [-0.2, 0) is 16.0 Å². The Morgan fingerprint density at radius 2 is 1.81 bits per heavy atom. The Morgan fingerprint density at radius 1 is 1.06 bits per heavy atom. The number of aromatic amines is 1. The second-order valence-electron chi connectivity index (χ2n) is 7.63. The fourth-order valence-corrected chi connectivity index (χ4v) is 4.09. The molecule has 0 aliphatic carbocycles. The van der Waals surface area contributed by atoms with E-state index in [0.29, 0.717) is 29.8 Å². The minimum atomic E-state index is -0.808. The number of hydrogen-bond acceptors (Lipinski definition) is 5. The molecule has 2 amide bonds.